The van der Waals surface area contributed by atoms with Crippen molar-refractivity contribution in [3.63, 3.8) is 0 Å². The topological polar surface area (TPSA) is 12.5 Å². The van der Waals surface area contributed by atoms with Gasteiger partial charge in [-0.3, -0.25) is 0 Å². The molecule has 28 heavy (non-hydrogen) atoms. The highest BCUT2D eigenvalue weighted by Gasteiger charge is 2.34. The second kappa shape index (κ2) is 7.19. The summed E-state index contributed by atoms with van der Waals surface area (Å²) in [5.74, 6) is -2.91. The highest BCUT2D eigenvalue weighted by atomic mass is 19.2. The molecule has 0 saturated heterocycles. The molecule has 2 nitrogen and oxygen atoms in total. The number of hydrogen-bond acceptors (Lipinski definition) is 2. The Morgan fingerprint density at radius 3 is 2.29 bits per heavy atom. The highest BCUT2D eigenvalue weighted by Crippen LogP contribution is 2.42. The standard InChI is InChI=1S/C22H17F4NO/c1-28-14-8-9-15-13(12-14)10-11-27(19-7-3-6-18(25)21(19)26)22(15)20-16(23)4-2-5-17(20)24/h2-9,12,22H,10-11H2,1H3/t22-/m1/s1. The molecule has 0 spiro atoms. The predicted molar refractivity (Wildman–Crippen MR) is 98.6 cm³/mol. The van der Waals surface area contributed by atoms with Crippen LogP contribution in [-0.2, 0) is 6.42 Å². The summed E-state index contributed by atoms with van der Waals surface area (Å²) >= 11 is 0. The minimum atomic E-state index is -1.04. The van der Waals surface area contributed by atoms with Gasteiger partial charge < -0.3 is 9.64 Å². The largest absolute Gasteiger partial charge is 0.497 e. The van der Waals surface area contributed by atoms with Gasteiger partial charge in [-0.25, -0.2) is 17.6 Å². The molecule has 1 atom stereocenters. The van der Waals surface area contributed by atoms with Crippen molar-refractivity contribution in [1.29, 1.82) is 0 Å². The molecule has 0 radical (unpaired) electrons. The minimum absolute atomic E-state index is 0.0332. The fourth-order valence-electron chi connectivity index (χ4n) is 3.79. The van der Waals surface area contributed by atoms with Crippen molar-refractivity contribution >= 4 is 5.69 Å². The zero-order valence-corrected chi connectivity index (χ0v) is 15.1. The second-order valence-corrected chi connectivity index (χ2v) is 6.62. The Morgan fingerprint density at radius 1 is 0.893 bits per heavy atom. The number of benzene rings is 3. The van der Waals surface area contributed by atoms with Crippen molar-refractivity contribution in [3.8, 4) is 5.75 Å². The summed E-state index contributed by atoms with van der Waals surface area (Å²) in [6.07, 6.45) is 0.495. The number of methoxy groups -OCH3 is 1. The molecule has 1 heterocycles. The van der Waals surface area contributed by atoms with E-state index in [0.29, 0.717) is 17.7 Å². The van der Waals surface area contributed by atoms with Crippen molar-refractivity contribution in [2.45, 2.75) is 12.5 Å². The van der Waals surface area contributed by atoms with E-state index in [1.807, 2.05) is 0 Å². The highest BCUT2D eigenvalue weighted by molar-refractivity contribution is 5.58. The molecule has 6 heteroatoms. The molecule has 3 aromatic rings. The maximum absolute atomic E-state index is 14.7. The van der Waals surface area contributed by atoms with Gasteiger partial charge in [0, 0.05) is 6.54 Å². The molecule has 0 amide bonds. The summed E-state index contributed by atoms with van der Waals surface area (Å²) in [5.41, 5.74) is 1.24. The van der Waals surface area contributed by atoms with Crippen molar-refractivity contribution in [3.05, 3.63) is 94.6 Å². The maximum Gasteiger partial charge on any atom is 0.182 e. The molecule has 0 unspecified atom stereocenters. The van der Waals surface area contributed by atoms with Crippen LogP contribution in [0.2, 0.25) is 0 Å². The number of halogens is 4. The van der Waals surface area contributed by atoms with Crippen LogP contribution in [0.15, 0.2) is 54.6 Å². The van der Waals surface area contributed by atoms with Crippen LogP contribution in [-0.4, -0.2) is 13.7 Å². The summed E-state index contributed by atoms with van der Waals surface area (Å²) < 4.78 is 63.0. The van der Waals surface area contributed by atoms with Gasteiger partial charge in [-0.05, 0) is 53.9 Å². The van der Waals surface area contributed by atoms with Gasteiger partial charge in [0.15, 0.2) is 11.6 Å². The molecule has 3 aromatic carbocycles. The van der Waals surface area contributed by atoms with E-state index in [0.717, 1.165) is 23.8 Å². The normalized spacial score (nSPS) is 16.0. The van der Waals surface area contributed by atoms with E-state index in [9.17, 15) is 17.6 Å². The van der Waals surface area contributed by atoms with Gasteiger partial charge in [0.1, 0.15) is 17.4 Å². The van der Waals surface area contributed by atoms with Crippen LogP contribution < -0.4 is 9.64 Å². The summed E-state index contributed by atoms with van der Waals surface area (Å²) in [6.45, 7) is 0.263. The van der Waals surface area contributed by atoms with Gasteiger partial charge in [0.05, 0.1) is 24.4 Å². The van der Waals surface area contributed by atoms with Crippen LogP contribution in [0.1, 0.15) is 22.7 Å². The first-order valence-corrected chi connectivity index (χ1v) is 8.82. The molecule has 0 aliphatic carbocycles. The Hall–Kier alpha value is -3.02. The van der Waals surface area contributed by atoms with Crippen LogP contribution in [0.4, 0.5) is 23.2 Å². The molecule has 0 aromatic heterocycles. The van der Waals surface area contributed by atoms with E-state index in [2.05, 4.69) is 0 Å². The van der Waals surface area contributed by atoms with Crippen molar-refractivity contribution < 1.29 is 22.3 Å². The van der Waals surface area contributed by atoms with Gasteiger partial charge >= 0.3 is 0 Å². The van der Waals surface area contributed by atoms with Crippen molar-refractivity contribution in [2.75, 3.05) is 18.6 Å². The van der Waals surface area contributed by atoms with Crippen LogP contribution >= 0.6 is 0 Å². The average molecular weight is 387 g/mol. The molecule has 4 rings (SSSR count). The minimum Gasteiger partial charge on any atom is -0.497 e. The SMILES string of the molecule is COc1ccc2c(c1)CCN(c1cccc(F)c1F)[C@H]2c1c(F)cccc1F. The van der Waals surface area contributed by atoms with E-state index < -0.39 is 29.3 Å². The molecular weight excluding hydrogens is 370 g/mol. The predicted octanol–water partition coefficient (Wildman–Crippen LogP) is 5.40. The van der Waals surface area contributed by atoms with Gasteiger partial charge in [-0.2, -0.15) is 0 Å². The fourth-order valence-corrected chi connectivity index (χ4v) is 3.79. The smallest absolute Gasteiger partial charge is 0.182 e. The third-order valence-electron chi connectivity index (χ3n) is 5.09. The van der Waals surface area contributed by atoms with Gasteiger partial charge in [-0.15, -0.1) is 0 Å². The molecule has 1 aliphatic heterocycles. The van der Waals surface area contributed by atoms with Crippen molar-refractivity contribution in [2.24, 2.45) is 0 Å². The number of fused-ring (bicyclic) bond motifs is 1. The fraction of sp³-hybridized carbons (Fsp3) is 0.182. The lowest BCUT2D eigenvalue weighted by Crippen LogP contribution is -2.37. The molecule has 0 bridgehead atoms. The zero-order chi connectivity index (χ0) is 19.8. The Kier molecular flexibility index (Phi) is 4.71. The van der Waals surface area contributed by atoms with Gasteiger partial charge in [-0.1, -0.05) is 18.2 Å². The van der Waals surface area contributed by atoms with E-state index in [1.54, 1.807) is 18.2 Å². The Labute approximate surface area is 160 Å². The Bertz CT molecular complexity index is 1020. The maximum atomic E-state index is 14.7. The third-order valence-corrected chi connectivity index (χ3v) is 5.09. The number of nitrogens with zero attached hydrogens (tertiary/aromatic N) is 1. The van der Waals surface area contributed by atoms with E-state index in [-0.39, 0.29) is 17.8 Å². The lowest BCUT2D eigenvalue weighted by Gasteiger charge is -2.39. The Balaban J connectivity index is 1.95. The van der Waals surface area contributed by atoms with Gasteiger partial charge in [0.2, 0.25) is 0 Å². The lowest BCUT2D eigenvalue weighted by molar-refractivity contribution is 0.413. The van der Waals surface area contributed by atoms with E-state index >= 15 is 0 Å². The summed E-state index contributed by atoms with van der Waals surface area (Å²) in [6, 6.07) is 11.7. The van der Waals surface area contributed by atoms with Gasteiger partial charge in [0.25, 0.3) is 0 Å². The molecular formula is C22H17F4NO. The molecule has 0 saturated carbocycles. The second-order valence-electron chi connectivity index (χ2n) is 6.62. The van der Waals surface area contributed by atoms with E-state index in [1.165, 1.54) is 30.2 Å². The average Bonchev–Trinajstić information content (AvgIpc) is 2.69. The lowest BCUT2D eigenvalue weighted by atomic mass is 9.87. The number of ether oxygens (including phenoxy) is 1. The van der Waals surface area contributed by atoms with Crippen LogP contribution in [0.5, 0.6) is 5.75 Å². The first-order chi connectivity index (χ1) is 13.5. The molecule has 144 valence electrons. The van der Waals surface area contributed by atoms with Crippen LogP contribution in [0, 0.1) is 23.3 Å². The number of hydrogen-bond donors (Lipinski definition) is 0. The molecule has 1 aliphatic rings. The van der Waals surface area contributed by atoms with Crippen LogP contribution in [0.3, 0.4) is 0 Å². The first kappa shape index (κ1) is 18.3. The monoisotopic (exact) mass is 387 g/mol. The van der Waals surface area contributed by atoms with E-state index in [4.69, 9.17) is 4.74 Å². The van der Waals surface area contributed by atoms with Crippen molar-refractivity contribution in [1.82, 2.24) is 0 Å². The number of anilines is 1. The molecule has 0 N–H and O–H groups in total. The first-order valence-electron chi connectivity index (χ1n) is 8.82. The number of rotatable bonds is 3. The third kappa shape index (κ3) is 2.99. The Morgan fingerprint density at radius 2 is 1.57 bits per heavy atom. The quantitative estimate of drug-likeness (QED) is 0.558. The summed E-state index contributed by atoms with van der Waals surface area (Å²) in [4.78, 5) is 1.51. The summed E-state index contributed by atoms with van der Waals surface area (Å²) in [5, 5.41) is 0. The zero-order valence-electron chi connectivity index (χ0n) is 15.1. The molecule has 0 fully saturated rings. The van der Waals surface area contributed by atoms with Crippen LogP contribution in [0.25, 0.3) is 0 Å². The summed E-state index contributed by atoms with van der Waals surface area (Å²) in [7, 11) is 1.53.